The number of nitrogens with zero attached hydrogens (tertiary/aromatic N) is 2. The predicted molar refractivity (Wildman–Crippen MR) is 92.1 cm³/mol. The van der Waals surface area contributed by atoms with Gasteiger partial charge >= 0.3 is 0 Å². The molecule has 1 aromatic rings. The number of carbonyl (C=O) groups excluding carboxylic acids is 1. The van der Waals surface area contributed by atoms with Crippen molar-refractivity contribution >= 4 is 15.9 Å². The molecule has 24 heavy (non-hydrogen) atoms. The lowest BCUT2D eigenvalue weighted by atomic mass is 10.0. The second-order valence-corrected chi connectivity index (χ2v) is 8.64. The molecule has 7 heteroatoms. The van der Waals surface area contributed by atoms with Crippen LogP contribution < -0.4 is 5.73 Å². The minimum Gasteiger partial charge on any atom is -0.342 e. The summed E-state index contributed by atoms with van der Waals surface area (Å²) in [7, 11) is -3.50. The minimum atomic E-state index is -3.50. The average molecular weight is 351 g/mol. The highest BCUT2D eigenvalue weighted by molar-refractivity contribution is 7.89. The summed E-state index contributed by atoms with van der Waals surface area (Å²) in [6.07, 6.45) is 3.14. The molecule has 2 N–H and O–H groups in total. The van der Waals surface area contributed by atoms with E-state index >= 15 is 0 Å². The summed E-state index contributed by atoms with van der Waals surface area (Å²) in [5.74, 6) is 0.0676. The van der Waals surface area contributed by atoms with Crippen LogP contribution in [-0.4, -0.2) is 55.8 Å². The van der Waals surface area contributed by atoms with Crippen LogP contribution in [0.5, 0.6) is 0 Å². The Kier molecular flexibility index (Phi) is 4.94. The van der Waals surface area contributed by atoms with Crippen molar-refractivity contribution in [1.82, 2.24) is 9.21 Å². The zero-order valence-corrected chi connectivity index (χ0v) is 14.9. The molecule has 0 radical (unpaired) electrons. The van der Waals surface area contributed by atoms with Gasteiger partial charge in [-0.25, -0.2) is 8.42 Å². The van der Waals surface area contributed by atoms with E-state index in [2.05, 4.69) is 0 Å². The van der Waals surface area contributed by atoms with Gasteiger partial charge in [0.1, 0.15) is 0 Å². The van der Waals surface area contributed by atoms with Gasteiger partial charge in [0.25, 0.3) is 0 Å². The number of hydrogen-bond acceptors (Lipinski definition) is 4. The number of benzene rings is 1. The second-order valence-electron chi connectivity index (χ2n) is 6.70. The van der Waals surface area contributed by atoms with Gasteiger partial charge in [-0.2, -0.15) is 4.31 Å². The molecule has 0 unspecified atom stereocenters. The third-order valence-electron chi connectivity index (χ3n) is 4.98. The lowest BCUT2D eigenvalue weighted by molar-refractivity contribution is -0.128. The molecule has 1 fully saturated rings. The Balaban J connectivity index is 1.85. The molecule has 2 heterocycles. The highest BCUT2D eigenvalue weighted by Crippen LogP contribution is 2.24. The van der Waals surface area contributed by atoms with Gasteiger partial charge in [0.2, 0.25) is 15.9 Å². The standard InChI is InChI=1S/C17H25N3O3S/c1-13(21)19-9-6-14-4-5-17(11-15(14)7-10-19)24(22,23)20-8-2-3-16(18)12-20/h4-5,11,16H,2-3,6-10,12,18H2,1H3/t16-/m1/s1. The van der Waals surface area contributed by atoms with Crippen LogP contribution in [0.4, 0.5) is 0 Å². The molecule has 132 valence electrons. The zero-order valence-electron chi connectivity index (χ0n) is 14.1. The highest BCUT2D eigenvalue weighted by atomic mass is 32.2. The summed E-state index contributed by atoms with van der Waals surface area (Å²) in [6.45, 7) is 3.82. The fraction of sp³-hybridized carbons (Fsp3) is 0.588. The first-order chi connectivity index (χ1) is 11.4. The molecule has 1 amide bonds. The molecule has 3 rings (SSSR count). The lowest BCUT2D eigenvalue weighted by Gasteiger charge is -2.30. The van der Waals surface area contributed by atoms with Crippen LogP contribution in [0.3, 0.4) is 0 Å². The largest absolute Gasteiger partial charge is 0.342 e. The topological polar surface area (TPSA) is 83.7 Å². The van der Waals surface area contributed by atoms with Crippen LogP contribution in [0.25, 0.3) is 0 Å². The van der Waals surface area contributed by atoms with Crippen LogP contribution in [0, 0.1) is 0 Å². The van der Waals surface area contributed by atoms with E-state index in [1.165, 1.54) is 4.31 Å². The lowest BCUT2D eigenvalue weighted by Crippen LogP contribution is -2.45. The van der Waals surface area contributed by atoms with Gasteiger partial charge in [-0.05, 0) is 48.9 Å². The molecular weight excluding hydrogens is 326 g/mol. The summed E-state index contributed by atoms with van der Waals surface area (Å²) in [5, 5.41) is 0. The van der Waals surface area contributed by atoms with Gasteiger partial charge < -0.3 is 10.6 Å². The van der Waals surface area contributed by atoms with E-state index in [0.717, 1.165) is 30.4 Å². The molecule has 0 bridgehead atoms. The zero-order chi connectivity index (χ0) is 17.3. The summed E-state index contributed by atoms with van der Waals surface area (Å²) in [5.41, 5.74) is 8.09. The van der Waals surface area contributed by atoms with E-state index in [4.69, 9.17) is 5.73 Å². The Morgan fingerprint density at radius 1 is 1.17 bits per heavy atom. The van der Waals surface area contributed by atoms with Crippen LogP contribution >= 0.6 is 0 Å². The fourth-order valence-corrected chi connectivity index (χ4v) is 5.10. The first kappa shape index (κ1) is 17.4. The molecule has 2 aliphatic rings. The van der Waals surface area contributed by atoms with Crippen molar-refractivity contribution in [3.05, 3.63) is 29.3 Å². The Bertz CT molecular complexity index is 733. The Morgan fingerprint density at radius 2 is 1.88 bits per heavy atom. The van der Waals surface area contributed by atoms with Crippen molar-refractivity contribution < 1.29 is 13.2 Å². The average Bonchev–Trinajstić information content (AvgIpc) is 2.76. The van der Waals surface area contributed by atoms with Crippen LogP contribution in [-0.2, 0) is 27.7 Å². The number of sulfonamides is 1. The maximum absolute atomic E-state index is 12.9. The third-order valence-corrected chi connectivity index (χ3v) is 6.84. The quantitative estimate of drug-likeness (QED) is 0.852. The van der Waals surface area contributed by atoms with Crippen molar-refractivity contribution in [3.63, 3.8) is 0 Å². The molecule has 1 atom stereocenters. The minimum absolute atomic E-state index is 0.0676. The number of carbonyl (C=O) groups is 1. The van der Waals surface area contributed by atoms with E-state index < -0.39 is 10.0 Å². The smallest absolute Gasteiger partial charge is 0.243 e. The van der Waals surface area contributed by atoms with Crippen LogP contribution in [0.15, 0.2) is 23.1 Å². The molecule has 0 aromatic heterocycles. The van der Waals surface area contributed by atoms with Crippen LogP contribution in [0.2, 0.25) is 0 Å². The normalized spacial score (nSPS) is 22.8. The van der Waals surface area contributed by atoms with Gasteiger partial charge in [-0.1, -0.05) is 6.07 Å². The molecule has 0 spiro atoms. The number of rotatable bonds is 2. The summed E-state index contributed by atoms with van der Waals surface area (Å²) >= 11 is 0. The maximum atomic E-state index is 12.9. The summed E-state index contributed by atoms with van der Waals surface area (Å²) < 4.78 is 27.3. The Morgan fingerprint density at radius 3 is 2.54 bits per heavy atom. The molecule has 2 aliphatic heterocycles. The number of nitrogens with two attached hydrogens (primary N) is 1. The number of fused-ring (bicyclic) bond motifs is 1. The monoisotopic (exact) mass is 351 g/mol. The van der Waals surface area contributed by atoms with E-state index in [1.54, 1.807) is 19.1 Å². The molecule has 1 saturated heterocycles. The first-order valence-electron chi connectivity index (χ1n) is 8.51. The molecule has 6 nitrogen and oxygen atoms in total. The summed E-state index contributed by atoms with van der Waals surface area (Å²) in [4.78, 5) is 13.7. The molecule has 1 aromatic carbocycles. The predicted octanol–water partition coefficient (Wildman–Crippen LogP) is 0.746. The maximum Gasteiger partial charge on any atom is 0.243 e. The number of piperidine rings is 1. The second kappa shape index (κ2) is 6.82. The molecule has 0 saturated carbocycles. The van der Waals surface area contributed by atoms with Gasteiger partial charge in [-0.3, -0.25) is 4.79 Å². The molecular formula is C17H25N3O3S. The van der Waals surface area contributed by atoms with Gasteiger partial charge in [0.15, 0.2) is 0 Å². The van der Waals surface area contributed by atoms with Crippen molar-refractivity contribution in [2.45, 2.75) is 43.5 Å². The van der Waals surface area contributed by atoms with Gasteiger partial charge in [0, 0.05) is 39.1 Å². The SMILES string of the molecule is CC(=O)N1CCc2ccc(S(=O)(=O)N3CCC[C@@H](N)C3)cc2CC1. The number of amides is 1. The third kappa shape index (κ3) is 3.48. The van der Waals surface area contributed by atoms with Crippen molar-refractivity contribution in [3.8, 4) is 0 Å². The van der Waals surface area contributed by atoms with E-state index in [9.17, 15) is 13.2 Å². The van der Waals surface area contributed by atoms with Crippen molar-refractivity contribution in [2.75, 3.05) is 26.2 Å². The Labute approximate surface area is 143 Å². The summed E-state index contributed by atoms with van der Waals surface area (Å²) in [6, 6.07) is 5.29. The highest BCUT2D eigenvalue weighted by Gasteiger charge is 2.29. The Hall–Kier alpha value is -1.44. The van der Waals surface area contributed by atoms with Crippen molar-refractivity contribution in [2.24, 2.45) is 5.73 Å². The van der Waals surface area contributed by atoms with E-state index in [0.29, 0.717) is 37.5 Å². The van der Waals surface area contributed by atoms with Crippen molar-refractivity contribution in [1.29, 1.82) is 0 Å². The first-order valence-corrected chi connectivity index (χ1v) is 9.95. The van der Waals surface area contributed by atoms with Gasteiger partial charge in [-0.15, -0.1) is 0 Å². The van der Waals surface area contributed by atoms with E-state index in [-0.39, 0.29) is 11.9 Å². The fourth-order valence-electron chi connectivity index (χ4n) is 3.52. The van der Waals surface area contributed by atoms with Crippen LogP contribution in [0.1, 0.15) is 30.9 Å². The molecule has 0 aliphatic carbocycles. The number of hydrogen-bond donors (Lipinski definition) is 1. The van der Waals surface area contributed by atoms with Gasteiger partial charge in [0.05, 0.1) is 4.90 Å². The van der Waals surface area contributed by atoms with E-state index in [1.807, 2.05) is 11.0 Å².